The normalized spacial score (nSPS) is 11.0. The van der Waals surface area contributed by atoms with Crippen LogP contribution in [0.15, 0.2) is 71.7 Å². The molecule has 0 atom stereocenters. The molecule has 0 aliphatic carbocycles. The first-order valence-electron chi connectivity index (χ1n) is 9.09. The number of amides is 2. The number of hydrogen-bond donors (Lipinski definition) is 2. The maximum Gasteiger partial charge on any atom is 0.268 e. The number of benzene rings is 2. The van der Waals surface area contributed by atoms with E-state index in [1.54, 1.807) is 37.5 Å². The van der Waals surface area contributed by atoms with Crippen LogP contribution in [0, 0.1) is 6.92 Å². The van der Waals surface area contributed by atoms with Crippen LogP contribution in [0.2, 0.25) is 0 Å². The Morgan fingerprint density at radius 2 is 1.76 bits per heavy atom. The average Bonchev–Trinajstić information content (AvgIpc) is 3.26. The molecule has 5 nitrogen and oxygen atoms in total. The van der Waals surface area contributed by atoms with Crippen molar-refractivity contribution < 1.29 is 14.3 Å². The van der Waals surface area contributed by atoms with Gasteiger partial charge in [-0.2, -0.15) is 0 Å². The van der Waals surface area contributed by atoms with Gasteiger partial charge in [-0.3, -0.25) is 9.59 Å². The molecule has 0 bridgehead atoms. The van der Waals surface area contributed by atoms with Gasteiger partial charge in [0.25, 0.3) is 11.8 Å². The van der Waals surface area contributed by atoms with Crippen molar-refractivity contribution in [2.75, 3.05) is 7.11 Å². The Morgan fingerprint density at radius 1 is 1.03 bits per heavy atom. The summed E-state index contributed by atoms with van der Waals surface area (Å²) in [6, 6.07) is 18.4. The van der Waals surface area contributed by atoms with Gasteiger partial charge in [-0.05, 0) is 54.3 Å². The average molecular weight is 407 g/mol. The molecule has 3 aromatic rings. The van der Waals surface area contributed by atoms with Gasteiger partial charge in [0.2, 0.25) is 0 Å². The summed E-state index contributed by atoms with van der Waals surface area (Å²) in [5.41, 5.74) is 2.78. The van der Waals surface area contributed by atoms with E-state index in [9.17, 15) is 9.59 Å². The van der Waals surface area contributed by atoms with Gasteiger partial charge in [0.15, 0.2) is 0 Å². The minimum atomic E-state index is -0.360. The molecule has 0 saturated heterocycles. The Labute approximate surface area is 174 Å². The number of ether oxygens (including phenoxy) is 1. The summed E-state index contributed by atoms with van der Waals surface area (Å²) >= 11 is 1.49. The first-order valence-corrected chi connectivity index (χ1v) is 9.97. The van der Waals surface area contributed by atoms with Crippen LogP contribution in [0.5, 0.6) is 5.75 Å². The zero-order valence-corrected chi connectivity index (χ0v) is 17.1. The van der Waals surface area contributed by atoms with Crippen molar-refractivity contribution in [2.24, 2.45) is 0 Å². The van der Waals surface area contributed by atoms with Gasteiger partial charge in [-0.15, -0.1) is 11.3 Å². The van der Waals surface area contributed by atoms with Crippen molar-refractivity contribution in [3.8, 4) is 5.75 Å². The van der Waals surface area contributed by atoms with Crippen molar-refractivity contribution in [2.45, 2.75) is 13.5 Å². The molecule has 3 rings (SSSR count). The molecule has 0 unspecified atom stereocenters. The summed E-state index contributed by atoms with van der Waals surface area (Å²) < 4.78 is 5.11. The lowest BCUT2D eigenvalue weighted by atomic mass is 10.1. The molecule has 2 N–H and O–H groups in total. The largest absolute Gasteiger partial charge is 0.497 e. The molecule has 6 heteroatoms. The first-order chi connectivity index (χ1) is 14.0. The van der Waals surface area contributed by atoms with E-state index in [0.717, 1.165) is 16.0 Å². The molecule has 1 heterocycles. The molecular formula is C23H22N2O3S. The van der Waals surface area contributed by atoms with E-state index in [1.807, 2.05) is 48.7 Å². The van der Waals surface area contributed by atoms with Crippen LogP contribution in [0.1, 0.15) is 26.4 Å². The maximum atomic E-state index is 12.8. The SMILES string of the molecule is COc1ccc(C(=O)N/C(=C\c2cccs2)C(=O)NCc2ccc(C)cc2)cc1. The first kappa shape index (κ1) is 20.4. The number of nitrogens with one attached hydrogen (secondary N) is 2. The zero-order chi connectivity index (χ0) is 20.6. The van der Waals surface area contributed by atoms with Gasteiger partial charge in [-0.1, -0.05) is 35.9 Å². The highest BCUT2D eigenvalue weighted by molar-refractivity contribution is 7.10. The highest BCUT2D eigenvalue weighted by Gasteiger charge is 2.15. The lowest BCUT2D eigenvalue weighted by Gasteiger charge is -2.11. The van der Waals surface area contributed by atoms with Gasteiger partial charge in [0.05, 0.1) is 7.11 Å². The summed E-state index contributed by atoms with van der Waals surface area (Å²) in [6.45, 7) is 2.39. The zero-order valence-electron chi connectivity index (χ0n) is 16.3. The van der Waals surface area contributed by atoms with E-state index in [4.69, 9.17) is 4.74 Å². The summed E-state index contributed by atoms with van der Waals surface area (Å²) in [7, 11) is 1.56. The van der Waals surface area contributed by atoms with Crippen LogP contribution in [-0.4, -0.2) is 18.9 Å². The van der Waals surface area contributed by atoms with Crippen LogP contribution in [0.4, 0.5) is 0 Å². The van der Waals surface area contributed by atoms with E-state index < -0.39 is 0 Å². The minimum absolute atomic E-state index is 0.195. The van der Waals surface area contributed by atoms with Crippen molar-refractivity contribution >= 4 is 29.2 Å². The lowest BCUT2D eigenvalue weighted by molar-refractivity contribution is -0.117. The third-order valence-electron chi connectivity index (χ3n) is 4.25. The lowest BCUT2D eigenvalue weighted by Crippen LogP contribution is -2.34. The standard InChI is InChI=1S/C23H22N2O3S/c1-16-5-7-17(8-6-16)15-24-23(27)21(14-20-4-3-13-29-20)25-22(26)18-9-11-19(28-2)12-10-18/h3-14H,15H2,1-2H3,(H,24,27)(H,25,26)/b21-14-. The van der Waals surface area contributed by atoms with Crippen LogP contribution in [0.25, 0.3) is 6.08 Å². The van der Waals surface area contributed by atoms with Crippen molar-refractivity contribution in [1.82, 2.24) is 10.6 Å². The Morgan fingerprint density at radius 3 is 2.38 bits per heavy atom. The second kappa shape index (κ2) is 9.71. The quantitative estimate of drug-likeness (QED) is 0.579. The van der Waals surface area contributed by atoms with E-state index in [1.165, 1.54) is 11.3 Å². The minimum Gasteiger partial charge on any atom is -0.497 e. The number of carbonyl (C=O) groups is 2. The van der Waals surface area contributed by atoms with Crippen LogP contribution in [0.3, 0.4) is 0 Å². The summed E-state index contributed by atoms with van der Waals surface area (Å²) in [4.78, 5) is 26.3. The number of hydrogen-bond acceptors (Lipinski definition) is 4. The number of methoxy groups -OCH3 is 1. The van der Waals surface area contributed by atoms with Gasteiger partial charge >= 0.3 is 0 Å². The fourth-order valence-corrected chi connectivity index (χ4v) is 3.25. The molecule has 1 aromatic heterocycles. The smallest absolute Gasteiger partial charge is 0.268 e. The number of carbonyl (C=O) groups excluding carboxylic acids is 2. The summed E-state index contributed by atoms with van der Waals surface area (Å²) in [5.74, 6) is -0.0477. The number of rotatable bonds is 7. The van der Waals surface area contributed by atoms with Gasteiger partial charge in [-0.25, -0.2) is 0 Å². The third kappa shape index (κ3) is 5.80. The molecule has 2 aromatic carbocycles. The summed E-state index contributed by atoms with van der Waals surface area (Å²) in [5, 5.41) is 7.51. The molecule has 0 radical (unpaired) electrons. The summed E-state index contributed by atoms with van der Waals surface area (Å²) in [6.07, 6.45) is 1.68. The fraction of sp³-hybridized carbons (Fsp3) is 0.130. The van der Waals surface area contributed by atoms with E-state index in [-0.39, 0.29) is 17.5 Å². The topological polar surface area (TPSA) is 67.4 Å². The second-order valence-corrected chi connectivity index (χ2v) is 7.40. The number of aryl methyl sites for hydroxylation is 1. The van der Waals surface area contributed by atoms with Crippen LogP contribution >= 0.6 is 11.3 Å². The molecule has 0 fully saturated rings. The third-order valence-corrected chi connectivity index (χ3v) is 5.07. The van der Waals surface area contributed by atoms with E-state index in [2.05, 4.69) is 10.6 Å². The van der Waals surface area contributed by atoms with Crippen molar-refractivity contribution in [1.29, 1.82) is 0 Å². The molecule has 0 saturated carbocycles. The molecule has 0 aliphatic heterocycles. The predicted molar refractivity (Wildman–Crippen MR) is 116 cm³/mol. The molecule has 0 spiro atoms. The van der Waals surface area contributed by atoms with Gasteiger partial charge in [0.1, 0.15) is 11.4 Å². The maximum absolute atomic E-state index is 12.8. The Bertz CT molecular complexity index is 992. The predicted octanol–water partition coefficient (Wildman–Crippen LogP) is 4.15. The van der Waals surface area contributed by atoms with E-state index in [0.29, 0.717) is 17.9 Å². The van der Waals surface area contributed by atoms with Gasteiger partial charge < -0.3 is 15.4 Å². The Balaban J connectivity index is 1.74. The Kier molecular flexibility index (Phi) is 6.81. The Hall–Kier alpha value is -3.38. The molecule has 29 heavy (non-hydrogen) atoms. The fourth-order valence-electron chi connectivity index (χ4n) is 2.59. The monoisotopic (exact) mass is 406 g/mol. The van der Waals surface area contributed by atoms with E-state index >= 15 is 0 Å². The molecule has 148 valence electrons. The second-order valence-electron chi connectivity index (χ2n) is 6.42. The highest BCUT2D eigenvalue weighted by atomic mass is 32.1. The molecular weight excluding hydrogens is 384 g/mol. The van der Waals surface area contributed by atoms with Crippen LogP contribution < -0.4 is 15.4 Å². The van der Waals surface area contributed by atoms with Crippen molar-refractivity contribution in [3.05, 3.63) is 93.3 Å². The molecule has 2 amide bonds. The molecule has 0 aliphatic rings. The van der Waals surface area contributed by atoms with Crippen LogP contribution in [-0.2, 0) is 11.3 Å². The highest BCUT2D eigenvalue weighted by Crippen LogP contribution is 2.15. The van der Waals surface area contributed by atoms with Crippen molar-refractivity contribution in [3.63, 3.8) is 0 Å². The number of thiophene rings is 1. The van der Waals surface area contributed by atoms with Gasteiger partial charge in [0, 0.05) is 17.0 Å².